The van der Waals surface area contributed by atoms with Gasteiger partial charge in [-0.15, -0.1) is 0 Å². The van der Waals surface area contributed by atoms with Gasteiger partial charge in [-0.1, -0.05) is 54.2 Å². The second kappa shape index (κ2) is 10.1. The van der Waals surface area contributed by atoms with Gasteiger partial charge in [-0.05, 0) is 44.4 Å². The molecule has 1 amide bonds. The van der Waals surface area contributed by atoms with Crippen molar-refractivity contribution in [3.8, 4) is 11.3 Å². The molecule has 2 aromatic carbocycles. The summed E-state index contributed by atoms with van der Waals surface area (Å²) in [6, 6.07) is 17.1. The van der Waals surface area contributed by atoms with Crippen molar-refractivity contribution in [2.24, 2.45) is 0 Å². The topological polar surface area (TPSA) is 73.2 Å². The third-order valence-electron chi connectivity index (χ3n) is 5.49. The second-order valence-corrected chi connectivity index (χ2v) is 9.23. The van der Waals surface area contributed by atoms with Gasteiger partial charge in [0.2, 0.25) is 5.91 Å². The first-order valence-corrected chi connectivity index (χ1v) is 11.7. The molecule has 1 aliphatic rings. The minimum atomic E-state index is -0.370. The largest absolute Gasteiger partial charge is 0.376 e. The lowest BCUT2D eigenvalue weighted by molar-refractivity contribution is -0.115. The van der Waals surface area contributed by atoms with E-state index in [4.69, 9.17) is 4.74 Å². The fourth-order valence-electron chi connectivity index (χ4n) is 3.73. The standard InChI is InChI=1S/C25H27N3O3S/c1-17(29)20-10-6-11-21(14-20)27-24(30)18(2)32-25-26-15-23(19-8-4-3-5-9-19)28(25)16-22-12-7-13-31-22/h3-6,8-11,14-15,18,22H,7,12-13,16H2,1-2H3,(H,27,30). The second-order valence-electron chi connectivity index (χ2n) is 7.92. The first-order valence-electron chi connectivity index (χ1n) is 10.8. The molecule has 6 nitrogen and oxygen atoms in total. The Bertz CT molecular complexity index is 1090. The van der Waals surface area contributed by atoms with Gasteiger partial charge in [0.1, 0.15) is 0 Å². The number of carbonyl (C=O) groups excluding carboxylic acids is 2. The van der Waals surface area contributed by atoms with E-state index in [1.807, 2.05) is 31.3 Å². The van der Waals surface area contributed by atoms with Crippen LogP contribution in [0.4, 0.5) is 5.69 Å². The fraction of sp³-hybridized carbons (Fsp3) is 0.320. The lowest BCUT2D eigenvalue weighted by Crippen LogP contribution is -2.23. The molecule has 7 heteroatoms. The molecule has 0 aliphatic carbocycles. The molecule has 1 N–H and O–H groups in total. The van der Waals surface area contributed by atoms with Gasteiger partial charge in [0.05, 0.1) is 29.8 Å². The van der Waals surface area contributed by atoms with Crippen molar-refractivity contribution >= 4 is 29.1 Å². The molecule has 1 aromatic heterocycles. The molecule has 1 fully saturated rings. The Morgan fingerprint density at radius 2 is 2.03 bits per heavy atom. The van der Waals surface area contributed by atoms with E-state index < -0.39 is 0 Å². The van der Waals surface area contributed by atoms with Crippen molar-refractivity contribution in [2.75, 3.05) is 11.9 Å². The Morgan fingerprint density at radius 1 is 1.22 bits per heavy atom. The number of aromatic nitrogens is 2. The van der Waals surface area contributed by atoms with Crippen LogP contribution in [0.25, 0.3) is 11.3 Å². The number of hydrogen-bond donors (Lipinski definition) is 1. The molecular formula is C25H27N3O3S. The average molecular weight is 450 g/mol. The van der Waals surface area contributed by atoms with Gasteiger partial charge < -0.3 is 14.6 Å². The summed E-state index contributed by atoms with van der Waals surface area (Å²) in [5.41, 5.74) is 3.29. The van der Waals surface area contributed by atoms with Gasteiger partial charge in [-0.25, -0.2) is 4.98 Å². The molecule has 4 rings (SSSR count). The molecule has 1 aliphatic heterocycles. The Labute approximate surface area is 192 Å². The van der Waals surface area contributed by atoms with E-state index in [-0.39, 0.29) is 23.0 Å². The molecule has 2 unspecified atom stereocenters. The van der Waals surface area contributed by atoms with Gasteiger partial charge in [0.25, 0.3) is 0 Å². The quantitative estimate of drug-likeness (QED) is 0.385. The monoisotopic (exact) mass is 449 g/mol. The highest BCUT2D eigenvalue weighted by Gasteiger charge is 2.23. The number of amides is 1. The van der Waals surface area contributed by atoms with Crippen LogP contribution in [-0.4, -0.2) is 39.2 Å². The molecule has 2 atom stereocenters. The normalized spacial score (nSPS) is 16.6. The van der Waals surface area contributed by atoms with Crippen LogP contribution >= 0.6 is 11.8 Å². The minimum Gasteiger partial charge on any atom is -0.376 e. The lowest BCUT2D eigenvalue weighted by atomic mass is 10.1. The van der Waals surface area contributed by atoms with Crippen molar-refractivity contribution in [2.45, 2.75) is 49.7 Å². The number of rotatable bonds is 8. The summed E-state index contributed by atoms with van der Waals surface area (Å²) in [5.74, 6) is -0.170. The summed E-state index contributed by atoms with van der Waals surface area (Å²) in [5, 5.41) is 3.34. The van der Waals surface area contributed by atoms with Gasteiger partial charge >= 0.3 is 0 Å². The maximum atomic E-state index is 12.9. The zero-order chi connectivity index (χ0) is 22.5. The fourth-order valence-corrected chi connectivity index (χ4v) is 4.63. The number of hydrogen-bond acceptors (Lipinski definition) is 5. The summed E-state index contributed by atoms with van der Waals surface area (Å²) in [6.45, 7) is 4.88. The predicted octanol–water partition coefficient (Wildman–Crippen LogP) is 5.05. The highest BCUT2D eigenvalue weighted by Crippen LogP contribution is 2.30. The van der Waals surface area contributed by atoms with Crippen molar-refractivity contribution in [3.63, 3.8) is 0 Å². The van der Waals surface area contributed by atoms with Crippen LogP contribution in [0.2, 0.25) is 0 Å². The molecule has 1 saturated heterocycles. The van der Waals surface area contributed by atoms with Crippen LogP contribution in [0.5, 0.6) is 0 Å². The zero-order valence-electron chi connectivity index (χ0n) is 18.3. The van der Waals surface area contributed by atoms with Crippen molar-refractivity contribution in [1.29, 1.82) is 0 Å². The van der Waals surface area contributed by atoms with E-state index in [1.165, 1.54) is 18.7 Å². The number of imidazole rings is 1. The number of nitrogens with one attached hydrogen (secondary N) is 1. The summed E-state index contributed by atoms with van der Waals surface area (Å²) < 4.78 is 8.03. The van der Waals surface area contributed by atoms with E-state index >= 15 is 0 Å². The van der Waals surface area contributed by atoms with Gasteiger partial charge in [-0.3, -0.25) is 9.59 Å². The molecule has 0 saturated carbocycles. The smallest absolute Gasteiger partial charge is 0.237 e. The van der Waals surface area contributed by atoms with Crippen LogP contribution in [0.15, 0.2) is 66.0 Å². The lowest BCUT2D eigenvalue weighted by Gasteiger charge is -2.18. The van der Waals surface area contributed by atoms with Crippen LogP contribution in [0.1, 0.15) is 37.0 Å². The third-order valence-corrected chi connectivity index (χ3v) is 6.59. The first-order chi connectivity index (χ1) is 15.5. The van der Waals surface area contributed by atoms with E-state index in [0.717, 1.165) is 35.9 Å². The molecule has 3 aromatic rings. The minimum absolute atomic E-state index is 0.0341. The predicted molar refractivity (Wildman–Crippen MR) is 127 cm³/mol. The third kappa shape index (κ3) is 5.29. The van der Waals surface area contributed by atoms with E-state index in [9.17, 15) is 9.59 Å². The Morgan fingerprint density at radius 3 is 2.75 bits per heavy atom. The number of anilines is 1. The van der Waals surface area contributed by atoms with E-state index in [2.05, 4.69) is 27.0 Å². The van der Waals surface area contributed by atoms with Gasteiger partial charge in [-0.2, -0.15) is 0 Å². The van der Waals surface area contributed by atoms with Crippen LogP contribution < -0.4 is 5.32 Å². The number of carbonyl (C=O) groups is 2. The van der Waals surface area contributed by atoms with Gasteiger partial charge in [0, 0.05) is 17.9 Å². The number of Topliss-reactive ketones (excluding diaryl/α,β-unsaturated/α-hetero) is 1. The first kappa shape index (κ1) is 22.3. The highest BCUT2D eigenvalue weighted by molar-refractivity contribution is 8.00. The van der Waals surface area contributed by atoms with Gasteiger partial charge in [0.15, 0.2) is 10.9 Å². The molecule has 32 heavy (non-hydrogen) atoms. The van der Waals surface area contributed by atoms with Crippen molar-refractivity contribution in [3.05, 3.63) is 66.4 Å². The average Bonchev–Trinajstić information content (AvgIpc) is 3.45. The maximum Gasteiger partial charge on any atom is 0.237 e. The van der Waals surface area contributed by atoms with E-state index in [0.29, 0.717) is 17.8 Å². The van der Waals surface area contributed by atoms with Crippen LogP contribution in [0, 0.1) is 0 Å². The number of nitrogens with zero attached hydrogens (tertiary/aromatic N) is 2. The number of ether oxygens (including phenoxy) is 1. The molecule has 166 valence electrons. The zero-order valence-corrected chi connectivity index (χ0v) is 19.1. The van der Waals surface area contributed by atoms with E-state index in [1.54, 1.807) is 24.3 Å². The van der Waals surface area contributed by atoms with Crippen molar-refractivity contribution in [1.82, 2.24) is 9.55 Å². The van der Waals surface area contributed by atoms with Crippen LogP contribution in [0.3, 0.4) is 0 Å². The molecule has 2 heterocycles. The maximum absolute atomic E-state index is 12.9. The summed E-state index contributed by atoms with van der Waals surface area (Å²) >= 11 is 1.42. The molecule has 0 spiro atoms. The van der Waals surface area contributed by atoms with Crippen molar-refractivity contribution < 1.29 is 14.3 Å². The SMILES string of the molecule is CC(=O)c1cccc(NC(=O)C(C)Sc2ncc(-c3ccccc3)n2CC2CCCO2)c1. The summed E-state index contributed by atoms with van der Waals surface area (Å²) in [7, 11) is 0. The molecule has 0 bridgehead atoms. The Kier molecular flexibility index (Phi) is 7.07. The summed E-state index contributed by atoms with van der Waals surface area (Å²) in [4.78, 5) is 29.1. The molecule has 0 radical (unpaired) electrons. The Balaban J connectivity index is 1.52. The summed E-state index contributed by atoms with van der Waals surface area (Å²) in [6.07, 6.45) is 4.12. The number of benzene rings is 2. The number of ketones is 1. The molecular weight excluding hydrogens is 422 g/mol. The number of thioether (sulfide) groups is 1. The van der Waals surface area contributed by atoms with Crippen LogP contribution in [-0.2, 0) is 16.1 Å². The Hall–Kier alpha value is -2.90. The highest BCUT2D eigenvalue weighted by atomic mass is 32.2.